The number of fused-ring (bicyclic) bond motifs is 2. The number of carbonyl (C=O) groups excluding carboxylic acids is 1. The Balaban J connectivity index is 1.14. The molecule has 0 bridgehead atoms. The molecule has 1 heterocycles. The molecule has 0 saturated carbocycles. The molecule has 2 atom stereocenters. The minimum atomic E-state index is -0.520. The maximum absolute atomic E-state index is 13.1. The van der Waals surface area contributed by atoms with Gasteiger partial charge in [0.25, 0.3) is 5.91 Å². The molecule has 226 valence electrons. The molecule has 0 fully saturated rings. The smallest absolute Gasteiger partial charge is 0.255 e. The molecular weight excluding hydrogens is 594 g/mol. The zero-order valence-electron chi connectivity index (χ0n) is 24.8. The van der Waals surface area contributed by atoms with Gasteiger partial charge in [0.1, 0.15) is 11.5 Å². The second kappa shape index (κ2) is 13.2. The van der Waals surface area contributed by atoms with Crippen LogP contribution in [-0.2, 0) is 6.54 Å². The summed E-state index contributed by atoms with van der Waals surface area (Å²) in [7, 11) is 0. The van der Waals surface area contributed by atoms with Crippen LogP contribution < -0.4 is 20.1 Å². The van der Waals surface area contributed by atoms with Crippen molar-refractivity contribution < 1.29 is 14.3 Å². The van der Waals surface area contributed by atoms with Crippen LogP contribution in [0.3, 0.4) is 0 Å². The first kappa shape index (κ1) is 29.1. The normalized spacial score (nSPS) is 15.6. The maximum atomic E-state index is 13.1. The average molecular weight is 624 g/mol. The number of hydrogen-bond acceptors (Lipinski definition) is 5. The van der Waals surface area contributed by atoms with E-state index in [1.165, 1.54) is 0 Å². The number of amides is 1. The Bertz CT molecular complexity index is 2010. The summed E-state index contributed by atoms with van der Waals surface area (Å²) < 4.78 is 13.0. The summed E-state index contributed by atoms with van der Waals surface area (Å²) in [6, 6.07) is 44.5. The molecule has 6 aromatic rings. The summed E-state index contributed by atoms with van der Waals surface area (Å²) in [6.45, 7) is 0.454. The molecule has 6 nitrogen and oxygen atoms in total. The van der Waals surface area contributed by atoms with Crippen LogP contribution in [0.25, 0.3) is 10.9 Å². The Hall–Kier alpha value is -5.59. The van der Waals surface area contributed by atoms with Gasteiger partial charge in [0, 0.05) is 34.8 Å². The van der Waals surface area contributed by atoms with Gasteiger partial charge < -0.3 is 20.1 Å². The highest BCUT2D eigenvalue weighted by molar-refractivity contribution is 6.30. The number of carbonyl (C=O) groups is 1. The molecule has 1 amide bonds. The first-order valence-corrected chi connectivity index (χ1v) is 15.4. The highest BCUT2D eigenvalue weighted by Gasteiger charge is 2.36. The molecule has 5 aromatic carbocycles. The Morgan fingerprint density at radius 1 is 0.674 bits per heavy atom. The fourth-order valence-corrected chi connectivity index (χ4v) is 5.93. The standard InChI is InChI=1S/C39H30ClN3O3/c40-34-36(42-25-26-20-22-28(23-21-26)39(44)43-33-19-9-11-27-12-10-24-41-35(27)33)38(46-30-15-5-2-6-16-30)32-18-8-7-17-31(32)37(34)45-29-13-3-1-4-14-29/h1-24,37-38,42H,25H2,(H,43,44). The number of anilines is 1. The molecule has 0 radical (unpaired) electrons. The Morgan fingerprint density at radius 3 is 1.98 bits per heavy atom. The van der Waals surface area contributed by atoms with Crippen molar-refractivity contribution in [2.45, 2.75) is 18.8 Å². The maximum Gasteiger partial charge on any atom is 0.255 e. The number of nitrogens with one attached hydrogen (secondary N) is 2. The van der Waals surface area contributed by atoms with Crippen LogP contribution in [0.15, 0.2) is 156 Å². The molecule has 2 N–H and O–H groups in total. The lowest BCUT2D eigenvalue weighted by atomic mass is 9.89. The van der Waals surface area contributed by atoms with E-state index in [0.29, 0.717) is 22.8 Å². The number of nitrogens with zero attached hydrogens (tertiary/aromatic N) is 1. The third kappa shape index (κ3) is 6.16. The minimum Gasteiger partial charge on any atom is -0.480 e. The summed E-state index contributed by atoms with van der Waals surface area (Å²) >= 11 is 7.19. The summed E-state index contributed by atoms with van der Waals surface area (Å²) in [5.74, 6) is 1.24. The van der Waals surface area contributed by atoms with E-state index in [2.05, 4.69) is 15.6 Å². The lowest BCUT2D eigenvalue weighted by Gasteiger charge is -2.34. The van der Waals surface area contributed by atoms with Crippen molar-refractivity contribution in [3.8, 4) is 11.5 Å². The van der Waals surface area contributed by atoms with Crippen molar-refractivity contribution in [3.05, 3.63) is 179 Å². The number of halogens is 1. The number of ether oxygens (including phenoxy) is 2. The molecule has 7 rings (SSSR count). The van der Waals surface area contributed by atoms with Crippen LogP contribution in [0.1, 0.15) is 39.3 Å². The van der Waals surface area contributed by atoms with Gasteiger partial charge in [-0.2, -0.15) is 0 Å². The van der Waals surface area contributed by atoms with E-state index >= 15 is 0 Å². The van der Waals surface area contributed by atoms with Crippen LogP contribution in [0.4, 0.5) is 5.69 Å². The van der Waals surface area contributed by atoms with Crippen molar-refractivity contribution in [2.75, 3.05) is 5.32 Å². The quantitative estimate of drug-likeness (QED) is 0.168. The zero-order valence-corrected chi connectivity index (χ0v) is 25.5. The molecule has 1 aliphatic rings. The van der Waals surface area contributed by atoms with Gasteiger partial charge in [-0.25, -0.2) is 0 Å². The van der Waals surface area contributed by atoms with Gasteiger partial charge in [0.2, 0.25) is 0 Å². The summed E-state index contributed by atoms with van der Waals surface area (Å²) in [6.07, 6.45) is 0.715. The van der Waals surface area contributed by atoms with Crippen LogP contribution in [0.2, 0.25) is 0 Å². The molecular formula is C39H30ClN3O3. The van der Waals surface area contributed by atoms with E-state index in [4.69, 9.17) is 21.1 Å². The number of para-hydroxylation sites is 3. The fourth-order valence-electron chi connectivity index (χ4n) is 5.60. The highest BCUT2D eigenvalue weighted by Crippen LogP contribution is 2.45. The van der Waals surface area contributed by atoms with Gasteiger partial charge in [0.15, 0.2) is 12.2 Å². The van der Waals surface area contributed by atoms with Crippen molar-refractivity contribution in [1.82, 2.24) is 10.3 Å². The summed E-state index contributed by atoms with van der Waals surface area (Å²) in [5.41, 5.74) is 5.56. The van der Waals surface area contributed by atoms with Crippen LogP contribution in [0, 0.1) is 0 Å². The van der Waals surface area contributed by atoms with Crippen molar-refractivity contribution in [3.63, 3.8) is 0 Å². The van der Waals surface area contributed by atoms with E-state index < -0.39 is 12.2 Å². The van der Waals surface area contributed by atoms with Gasteiger partial charge >= 0.3 is 0 Å². The summed E-state index contributed by atoms with van der Waals surface area (Å²) in [5, 5.41) is 8.04. The monoisotopic (exact) mass is 623 g/mol. The molecule has 2 unspecified atom stereocenters. The van der Waals surface area contributed by atoms with E-state index in [1.807, 2.05) is 140 Å². The van der Waals surface area contributed by atoms with Gasteiger partial charge in [-0.3, -0.25) is 9.78 Å². The summed E-state index contributed by atoms with van der Waals surface area (Å²) in [4.78, 5) is 17.6. The number of aromatic nitrogens is 1. The molecule has 46 heavy (non-hydrogen) atoms. The zero-order chi connectivity index (χ0) is 31.3. The number of benzene rings is 5. The Labute approximate surface area is 272 Å². The van der Waals surface area contributed by atoms with Crippen LogP contribution >= 0.6 is 11.6 Å². The van der Waals surface area contributed by atoms with Gasteiger partial charge in [-0.1, -0.05) is 103 Å². The molecule has 1 aliphatic carbocycles. The van der Waals surface area contributed by atoms with Crippen LogP contribution in [0.5, 0.6) is 11.5 Å². The lowest BCUT2D eigenvalue weighted by Crippen LogP contribution is -2.31. The second-order valence-electron chi connectivity index (χ2n) is 10.9. The largest absolute Gasteiger partial charge is 0.480 e. The molecule has 7 heteroatoms. The Morgan fingerprint density at radius 2 is 1.28 bits per heavy atom. The van der Waals surface area contributed by atoms with E-state index in [0.717, 1.165) is 44.8 Å². The first-order chi connectivity index (χ1) is 22.6. The van der Waals surface area contributed by atoms with Crippen LogP contribution in [-0.4, -0.2) is 10.9 Å². The third-order valence-corrected chi connectivity index (χ3v) is 8.29. The SMILES string of the molecule is O=C(Nc1cccc2cccnc12)c1ccc(CNC2=C(Cl)C(Oc3ccccc3)c3ccccc3C2Oc2ccccc2)cc1. The van der Waals surface area contributed by atoms with E-state index in [1.54, 1.807) is 6.20 Å². The average Bonchev–Trinajstić information content (AvgIpc) is 3.11. The molecule has 1 aromatic heterocycles. The van der Waals surface area contributed by atoms with E-state index in [-0.39, 0.29) is 5.91 Å². The van der Waals surface area contributed by atoms with E-state index in [9.17, 15) is 4.79 Å². The topological polar surface area (TPSA) is 72.5 Å². The van der Waals surface area contributed by atoms with Crippen molar-refractivity contribution >= 4 is 34.1 Å². The number of pyridine rings is 1. The molecule has 0 spiro atoms. The lowest BCUT2D eigenvalue weighted by molar-refractivity contribution is 0.102. The second-order valence-corrected chi connectivity index (χ2v) is 11.3. The predicted octanol–water partition coefficient (Wildman–Crippen LogP) is 8.98. The first-order valence-electron chi connectivity index (χ1n) is 15.0. The molecule has 0 aliphatic heterocycles. The predicted molar refractivity (Wildman–Crippen MR) is 182 cm³/mol. The third-order valence-electron chi connectivity index (χ3n) is 7.88. The number of rotatable bonds is 9. The van der Waals surface area contributed by atoms with Gasteiger partial charge in [-0.15, -0.1) is 0 Å². The van der Waals surface area contributed by atoms with Crippen molar-refractivity contribution in [1.29, 1.82) is 0 Å². The van der Waals surface area contributed by atoms with Gasteiger partial charge in [0.05, 0.1) is 21.9 Å². The minimum absolute atomic E-state index is 0.204. The Kier molecular flexibility index (Phi) is 8.35. The molecule has 0 saturated heterocycles. The highest BCUT2D eigenvalue weighted by atomic mass is 35.5. The fraction of sp³-hybridized carbons (Fsp3) is 0.0769. The number of hydrogen-bond donors (Lipinski definition) is 2. The van der Waals surface area contributed by atoms with Gasteiger partial charge in [-0.05, 0) is 54.1 Å². The van der Waals surface area contributed by atoms with Crippen molar-refractivity contribution in [2.24, 2.45) is 0 Å².